The summed E-state index contributed by atoms with van der Waals surface area (Å²) < 4.78 is 0. The average Bonchev–Trinajstić information content (AvgIpc) is 3.15. The molecule has 4 nitrogen and oxygen atoms in total. The molecule has 0 bridgehead atoms. The van der Waals surface area contributed by atoms with E-state index in [1.54, 1.807) is 11.3 Å². The van der Waals surface area contributed by atoms with Crippen LogP contribution in [0.3, 0.4) is 0 Å². The Labute approximate surface area is 141 Å². The van der Waals surface area contributed by atoms with E-state index in [-0.39, 0.29) is 11.8 Å². The quantitative estimate of drug-likeness (QED) is 0.858. The fraction of sp³-hybridized carbons (Fsp3) is 0.500. The smallest absolute Gasteiger partial charge is 0.254 e. The normalized spacial score (nSPS) is 18.0. The van der Waals surface area contributed by atoms with Crippen LogP contribution in [0, 0.1) is 13.8 Å². The molecule has 0 radical (unpaired) electrons. The Morgan fingerprint density at radius 3 is 2.57 bits per heavy atom. The van der Waals surface area contributed by atoms with Gasteiger partial charge in [-0.3, -0.25) is 4.79 Å². The summed E-state index contributed by atoms with van der Waals surface area (Å²) in [6.07, 6.45) is 0.940. The summed E-state index contributed by atoms with van der Waals surface area (Å²) in [7, 11) is 0. The third-order valence-corrected chi connectivity index (χ3v) is 5.51. The minimum Gasteiger partial charge on any atom is -0.338 e. The van der Waals surface area contributed by atoms with Crippen molar-refractivity contribution in [3.8, 4) is 0 Å². The molecule has 1 unspecified atom stereocenters. The zero-order valence-electron chi connectivity index (χ0n) is 14.2. The highest BCUT2D eigenvalue weighted by molar-refractivity contribution is 7.10. The molecule has 0 spiro atoms. The molecule has 1 fully saturated rings. The average molecular weight is 329 g/mol. The predicted molar refractivity (Wildman–Crippen MR) is 93.2 cm³/mol. The number of amides is 1. The van der Waals surface area contributed by atoms with Gasteiger partial charge in [0.2, 0.25) is 0 Å². The van der Waals surface area contributed by atoms with E-state index in [2.05, 4.69) is 23.8 Å². The van der Waals surface area contributed by atoms with Crippen LogP contribution in [0.25, 0.3) is 0 Å². The molecule has 1 aliphatic rings. The van der Waals surface area contributed by atoms with Crippen LogP contribution in [0.4, 0.5) is 0 Å². The topological polar surface area (TPSA) is 46.1 Å². The van der Waals surface area contributed by atoms with Crippen molar-refractivity contribution in [2.75, 3.05) is 13.1 Å². The first-order valence-corrected chi connectivity index (χ1v) is 9.02. The largest absolute Gasteiger partial charge is 0.338 e. The molecule has 122 valence electrons. The van der Waals surface area contributed by atoms with E-state index >= 15 is 0 Å². The van der Waals surface area contributed by atoms with Crippen LogP contribution in [0.2, 0.25) is 0 Å². The number of likely N-dealkylation sites (tertiary alicyclic amines) is 1. The Hall–Kier alpha value is -1.75. The molecular formula is C18H23N3OS. The number of nitrogens with zero attached hydrogens (tertiary/aromatic N) is 3. The maximum absolute atomic E-state index is 12.7. The van der Waals surface area contributed by atoms with E-state index in [0.717, 1.165) is 35.7 Å². The van der Waals surface area contributed by atoms with Crippen LogP contribution in [0.1, 0.15) is 64.6 Å². The predicted octanol–water partition coefficient (Wildman–Crippen LogP) is 3.91. The van der Waals surface area contributed by atoms with Gasteiger partial charge in [-0.15, -0.1) is 11.3 Å². The van der Waals surface area contributed by atoms with Gasteiger partial charge >= 0.3 is 0 Å². The minimum atomic E-state index is 0.139. The molecule has 23 heavy (non-hydrogen) atoms. The number of aromatic nitrogens is 2. The number of aryl methyl sites for hydroxylation is 2. The fourth-order valence-electron chi connectivity index (χ4n) is 3.04. The van der Waals surface area contributed by atoms with Crippen molar-refractivity contribution in [2.24, 2.45) is 0 Å². The van der Waals surface area contributed by atoms with E-state index < -0.39 is 0 Å². The summed E-state index contributed by atoms with van der Waals surface area (Å²) in [5, 5.41) is 1.98. The lowest BCUT2D eigenvalue weighted by Crippen LogP contribution is -2.28. The molecule has 0 saturated carbocycles. The third kappa shape index (κ3) is 3.44. The molecule has 1 saturated heterocycles. The SMILES string of the molecule is Cc1cc(C)nc(C2CCN(C(=O)c3csc(C(C)C)c3)C2)n1. The van der Waals surface area contributed by atoms with Crippen molar-refractivity contribution in [1.82, 2.24) is 14.9 Å². The standard InChI is InChI=1S/C18H23N3OS/c1-11(2)16-8-15(10-23-16)18(22)21-6-5-14(9-21)17-19-12(3)7-13(4)20-17/h7-8,10-11,14H,5-6,9H2,1-4H3. The summed E-state index contributed by atoms with van der Waals surface area (Å²) in [6.45, 7) is 9.80. The van der Waals surface area contributed by atoms with E-state index in [9.17, 15) is 4.79 Å². The van der Waals surface area contributed by atoms with Gasteiger partial charge in [0.1, 0.15) is 5.82 Å². The summed E-state index contributed by atoms with van der Waals surface area (Å²) in [6, 6.07) is 4.03. The molecule has 5 heteroatoms. The van der Waals surface area contributed by atoms with Gasteiger partial charge in [0.25, 0.3) is 5.91 Å². The second-order valence-corrected chi connectivity index (χ2v) is 7.58. The highest BCUT2D eigenvalue weighted by Gasteiger charge is 2.30. The zero-order chi connectivity index (χ0) is 16.6. The molecule has 1 aliphatic heterocycles. The summed E-state index contributed by atoms with van der Waals surface area (Å²) >= 11 is 1.67. The van der Waals surface area contributed by atoms with Gasteiger partial charge in [-0.2, -0.15) is 0 Å². The van der Waals surface area contributed by atoms with Crippen LogP contribution in [-0.2, 0) is 0 Å². The number of carbonyl (C=O) groups is 1. The van der Waals surface area contributed by atoms with Crippen LogP contribution in [0.5, 0.6) is 0 Å². The van der Waals surface area contributed by atoms with Gasteiger partial charge in [-0.25, -0.2) is 9.97 Å². The first-order valence-electron chi connectivity index (χ1n) is 8.14. The lowest BCUT2D eigenvalue weighted by Gasteiger charge is -2.15. The highest BCUT2D eigenvalue weighted by atomic mass is 32.1. The van der Waals surface area contributed by atoms with Crippen molar-refractivity contribution in [3.05, 3.63) is 45.2 Å². The van der Waals surface area contributed by atoms with Crippen LogP contribution in [-0.4, -0.2) is 33.9 Å². The number of rotatable bonds is 3. The molecule has 3 rings (SSSR count). The lowest BCUT2D eigenvalue weighted by molar-refractivity contribution is 0.0791. The van der Waals surface area contributed by atoms with Gasteiger partial charge in [0, 0.05) is 40.7 Å². The summed E-state index contributed by atoms with van der Waals surface area (Å²) in [5.74, 6) is 1.74. The van der Waals surface area contributed by atoms with Gasteiger partial charge in [0.15, 0.2) is 0 Å². The molecule has 1 atom stereocenters. The zero-order valence-corrected chi connectivity index (χ0v) is 15.0. The third-order valence-electron chi connectivity index (χ3n) is 4.28. The van der Waals surface area contributed by atoms with Crippen LogP contribution < -0.4 is 0 Å². The van der Waals surface area contributed by atoms with E-state index in [1.165, 1.54) is 4.88 Å². The monoisotopic (exact) mass is 329 g/mol. The molecule has 2 aromatic rings. The van der Waals surface area contributed by atoms with Gasteiger partial charge in [0.05, 0.1) is 5.56 Å². The van der Waals surface area contributed by atoms with Crippen LogP contribution >= 0.6 is 11.3 Å². The van der Waals surface area contributed by atoms with E-state index in [1.807, 2.05) is 36.3 Å². The van der Waals surface area contributed by atoms with Gasteiger partial charge < -0.3 is 4.90 Å². The maximum Gasteiger partial charge on any atom is 0.254 e. The summed E-state index contributed by atoms with van der Waals surface area (Å²) in [5.41, 5.74) is 2.81. The van der Waals surface area contributed by atoms with E-state index in [4.69, 9.17) is 0 Å². The number of thiophene rings is 1. The lowest BCUT2D eigenvalue weighted by atomic mass is 10.1. The van der Waals surface area contributed by atoms with E-state index in [0.29, 0.717) is 12.5 Å². The number of carbonyl (C=O) groups excluding carboxylic acids is 1. The molecule has 2 aromatic heterocycles. The van der Waals surface area contributed by atoms with Crippen molar-refractivity contribution < 1.29 is 4.79 Å². The van der Waals surface area contributed by atoms with Crippen molar-refractivity contribution >= 4 is 17.2 Å². The van der Waals surface area contributed by atoms with Gasteiger partial charge in [-0.05, 0) is 38.3 Å². The van der Waals surface area contributed by atoms with Crippen molar-refractivity contribution in [3.63, 3.8) is 0 Å². The Morgan fingerprint density at radius 2 is 1.96 bits per heavy atom. The number of hydrogen-bond acceptors (Lipinski definition) is 4. The van der Waals surface area contributed by atoms with Gasteiger partial charge in [-0.1, -0.05) is 13.8 Å². The van der Waals surface area contributed by atoms with Crippen LogP contribution in [0.15, 0.2) is 17.5 Å². The van der Waals surface area contributed by atoms with Crippen molar-refractivity contribution in [1.29, 1.82) is 0 Å². The maximum atomic E-state index is 12.7. The Balaban J connectivity index is 1.72. The molecule has 0 aromatic carbocycles. The molecular weight excluding hydrogens is 306 g/mol. The highest BCUT2D eigenvalue weighted by Crippen LogP contribution is 2.28. The first-order chi connectivity index (χ1) is 10.9. The Bertz CT molecular complexity index is 703. The second kappa shape index (κ2) is 6.40. The van der Waals surface area contributed by atoms with Crippen molar-refractivity contribution in [2.45, 2.75) is 46.0 Å². The molecule has 3 heterocycles. The molecule has 1 amide bonds. The Morgan fingerprint density at radius 1 is 1.26 bits per heavy atom. The summed E-state index contributed by atoms with van der Waals surface area (Å²) in [4.78, 5) is 25.0. The minimum absolute atomic E-state index is 0.139. The number of hydrogen-bond donors (Lipinski definition) is 0. The first kappa shape index (κ1) is 16.1. The Kier molecular flexibility index (Phi) is 4.48. The second-order valence-electron chi connectivity index (χ2n) is 6.64. The molecule has 0 N–H and O–H groups in total. The molecule has 0 aliphatic carbocycles. The fourth-order valence-corrected chi connectivity index (χ4v) is 3.94.